The highest BCUT2D eigenvalue weighted by Gasteiger charge is 2.18. The van der Waals surface area contributed by atoms with Gasteiger partial charge in [-0.2, -0.15) is 0 Å². The van der Waals surface area contributed by atoms with Gasteiger partial charge in [0.05, 0.1) is 7.11 Å². The van der Waals surface area contributed by atoms with Crippen molar-refractivity contribution >= 4 is 0 Å². The highest BCUT2D eigenvalue weighted by atomic mass is 16.5. The van der Waals surface area contributed by atoms with Gasteiger partial charge in [0.25, 0.3) is 0 Å². The molecule has 1 unspecified atom stereocenters. The Morgan fingerprint density at radius 1 is 1.12 bits per heavy atom. The van der Waals surface area contributed by atoms with E-state index in [1.807, 2.05) is 36.4 Å². The molecule has 2 N–H and O–H groups in total. The van der Waals surface area contributed by atoms with Crippen molar-refractivity contribution in [3.63, 3.8) is 0 Å². The van der Waals surface area contributed by atoms with Gasteiger partial charge in [0.1, 0.15) is 24.2 Å². The minimum absolute atomic E-state index is 0.300. The summed E-state index contributed by atoms with van der Waals surface area (Å²) in [4.78, 5) is 0. The maximum atomic E-state index is 10.2. The van der Waals surface area contributed by atoms with E-state index in [4.69, 9.17) is 9.47 Å². The predicted octanol–water partition coefficient (Wildman–Crippen LogP) is 2.97. The molecule has 0 amide bonds. The van der Waals surface area contributed by atoms with Gasteiger partial charge in [-0.1, -0.05) is 24.3 Å². The zero-order valence-corrected chi connectivity index (χ0v) is 14.8. The van der Waals surface area contributed by atoms with E-state index in [1.165, 1.54) is 11.1 Å². The van der Waals surface area contributed by atoms with E-state index in [-0.39, 0.29) is 0 Å². The van der Waals surface area contributed by atoms with Gasteiger partial charge in [-0.3, -0.25) is 0 Å². The fraction of sp³-hybridized carbons (Fsp3) is 0.429. The van der Waals surface area contributed by atoms with Crippen LogP contribution in [0.1, 0.15) is 24.0 Å². The number of fused-ring (bicyclic) bond motifs is 1. The molecule has 3 rings (SSSR count). The molecule has 1 aliphatic carbocycles. The summed E-state index contributed by atoms with van der Waals surface area (Å²) in [5, 5.41) is 13.7. The first-order chi connectivity index (χ1) is 12.2. The normalized spacial score (nSPS) is 18.1. The van der Waals surface area contributed by atoms with Crippen molar-refractivity contribution in [3.05, 3.63) is 59.7 Å². The molecule has 0 radical (unpaired) electrons. The summed E-state index contributed by atoms with van der Waals surface area (Å²) in [6.45, 7) is 0.838. The monoisotopic (exact) mass is 341 g/mol. The third-order valence-corrected chi connectivity index (χ3v) is 4.71. The molecule has 2 aromatic rings. The van der Waals surface area contributed by atoms with Crippen molar-refractivity contribution in [2.75, 3.05) is 20.3 Å². The van der Waals surface area contributed by atoms with Gasteiger partial charge in [0.2, 0.25) is 0 Å². The number of aliphatic hydroxyl groups excluding tert-OH is 1. The Morgan fingerprint density at radius 3 is 2.76 bits per heavy atom. The van der Waals surface area contributed by atoms with Gasteiger partial charge in [0, 0.05) is 12.6 Å². The third-order valence-electron chi connectivity index (χ3n) is 4.71. The summed E-state index contributed by atoms with van der Waals surface area (Å²) in [5.41, 5.74) is 2.77. The molecular weight excluding hydrogens is 314 g/mol. The van der Waals surface area contributed by atoms with Crippen molar-refractivity contribution in [2.45, 2.75) is 37.8 Å². The third kappa shape index (κ3) is 5.21. The number of benzene rings is 2. The number of ether oxygens (including phenoxy) is 2. The fourth-order valence-corrected chi connectivity index (χ4v) is 3.31. The number of aliphatic hydroxyl groups is 1. The largest absolute Gasteiger partial charge is 0.497 e. The number of nitrogens with one attached hydrogen (secondary N) is 1. The number of para-hydroxylation sites is 1. The Morgan fingerprint density at radius 2 is 1.96 bits per heavy atom. The van der Waals surface area contributed by atoms with Gasteiger partial charge >= 0.3 is 0 Å². The Kier molecular flexibility index (Phi) is 6.31. The standard InChI is InChI=1S/C21H27NO3/c1-24-21-11-10-16-6-5-7-18(12-17(16)13-21)22-14-19(23)15-25-20-8-3-2-4-9-20/h2-4,8-11,13,18-19,22-23H,5-7,12,14-15H2,1H3/t18?,19-/m0/s1. The summed E-state index contributed by atoms with van der Waals surface area (Å²) in [7, 11) is 1.71. The summed E-state index contributed by atoms with van der Waals surface area (Å²) in [6, 6.07) is 16.3. The Hall–Kier alpha value is -2.04. The molecule has 0 heterocycles. The van der Waals surface area contributed by atoms with Gasteiger partial charge in [-0.25, -0.2) is 0 Å². The van der Waals surface area contributed by atoms with Gasteiger partial charge in [-0.15, -0.1) is 0 Å². The number of hydrogen-bond acceptors (Lipinski definition) is 4. The Bertz CT molecular complexity index is 659. The van der Waals surface area contributed by atoms with Crippen LogP contribution >= 0.6 is 0 Å². The van der Waals surface area contributed by atoms with Crippen LogP contribution in [0.2, 0.25) is 0 Å². The number of rotatable bonds is 7. The van der Waals surface area contributed by atoms with E-state index >= 15 is 0 Å². The number of hydrogen-bond donors (Lipinski definition) is 2. The molecule has 1 aliphatic rings. The summed E-state index contributed by atoms with van der Waals surface area (Å²) in [6.07, 6.45) is 3.83. The van der Waals surface area contributed by atoms with Crippen LogP contribution < -0.4 is 14.8 Å². The average Bonchev–Trinajstić information content (AvgIpc) is 2.86. The molecule has 4 nitrogen and oxygen atoms in total. The Labute approximate surface area is 149 Å². The van der Waals surface area contributed by atoms with E-state index in [1.54, 1.807) is 7.11 Å². The molecule has 0 saturated heterocycles. The first-order valence-electron chi connectivity index (χ1n) is 8.99. The van der Waals surface area contributed by atoms with Crippen LogP contribution in [0.25, 0.3) is 0 Å². The molecule has 0 bridgehead atoms. The molecule has 25 heavy (non-hydrogen) atoms. The van der Waals surface area contributed by atoms with Crippen LogP contribution in [-0.2, 0) is 12.8 Å². The highest BCUT2D eigenvalue weighted by molar-refractivity contribution is 5.37. The van der Waals surface area contributed by atoms with Gasteiger partial charge < -0.3 is 19.9 Å². The lowest BCUT2D eigenvalue weighted by Gasteiger charge is -2.20. The van der Waals surface area contributed by atoms with Gasteiger partial charge in [0.15, 0.2) is 0 Å². The second-order valence-electron chi connectivity index (χ2n) is 6.61. The number of aryl methyl sites for hydroxylation is 1. The zero-order chi connectivity index (χ0) is 17.5. The molecule has 134 valence electrons. The molecular formula is C21H27NO3. The van der Waals surface area contributed by atoms with Crippen molar-refractivity contribution in [3.8, 4) is 11.5 Å². The minimum atomic E-state index is -0.520. The van der Waals surface area contributed by atoms with E-state index < -0.39 is 6.10 Å². The summed E-state index contributed by atoms with van der Waals surface area (Å²) in [5.74, 6) is 1.70. The maximum Gasteiger partial charge on any atom is 0.119 e. The zero-order valence-electron chi connectivity index (χ0n) is 14.8. The van der Waals surface area contributed by atoms with Crippen LogP contribution in [0.3, 0.4) is 0 Å². The maximum absolute atomic E-state index is 10.2. The van der Waals surface area contributed by atoms with Crippen LogP contribution in [0.5, 0.6) is 11.5 Å². The molecule has 4 heteroatoms. The number of methoxy groups -OCH3 is 1. The molecule has 0 saturated carbocycles. The van der Waals surface area contributed by atoms with E-state index in [2.05, 4.69) is 17.4 Å². The second-order valence-corrected chi connectivity index (χ2v) is 6.61. The summed E-state index contributed by atoms with van der Waals surface area (Å²) >= 11 is 0. The molecule has 0 spiro atoms. The van der Waals surface area contributed by atoms with E-state index in [0.29, 0.717) is 19.2 Å². The first-order valence-corrected chi connectivity index (χ1v) is 8.99. The lowest BCUT2D eigenvalue weighted by molar-refractivity contribution is 0.103. The quantitative estimate of drug-likeness (QED) is 0.760. The van der Waals surface area contributed by atoms with Crippen molar-refractivity contribution in [1.29, 1.82) is 0 Å². The lowest BCUT2D eigenvalue weighted by Crippen LogP contribution is -2.39. The minimum Gasteiger partial charge on any atom is -0.497 e. The predicted molar refractivity (Wildman–Crippen MR) is 99.4 cm³/mol. The molecule has 0 fully saturated rings. The van der Waals surface area contributed by atoms with Gasteiger partial charge in [-0.05, 0) is 61.1 Å². The lowest BCUT2D eigenvalue weighted by atomic mass is 10.0. The second kappa shape index (κ2) is 8.88. The molecule has 2 aromatic carbocycles. The van der Waals surface area contributed by atoms with Crippen molar-refractivity contribution in [1.82, 2.24) is 5.32 Å². The highest BCUT2D eigenvalue weighted by Crippen LogP contribution is 2.25. The van der Waals surface area contributed by atoms with Crippen molar-refractivity contribution in [2.24, 2.45) is 0 Å². The van der Waals surface area contributed by atoms with E-state index in [9.17, 15) is 5.11 Å². The van der Waals surface area contributed by atoms with Crippen molar-refractivity contribution < 1.29 is 14.6 Å². The van der Waals surface area contributed by atoms with Crippen LogP contribution in [0.15, 0.2) is 48.5 Å². The summed E-state index contributed by atoms with van der Waals surface area (Å²) < 4.78 is 11.0. The topological polar surface area (TPSA) is 50.7 Å². The molecule has 0 aromatic heterocycles. The first kappa shape index (κ1) is 17.8. The average molecular weight is 341 g/mol. The fourth-order valence-electron chi connectivity index (χ4n) is 3.31. The van der Waals surface area contributed by atoms with Crippen LogP contribution in [-0.4, -0.2) is 37.5 Å². The van der Waals surface area contributed by atoms with Crippen LogP contribution in [0, 0.1) is 0 Å². The SMILES string of the molecule is COc1ccc2c(c1)CC(NC[C@H](O)COc1ccccc1)CCC2. The van der Waals surface area contributed by atoms with Crippen LogP contribution in [0.4, 0.5) is 0 Å². The molecule has 0 aliphatic heterocycles. The van der Waals surface area contributed by atoms with E-state index in [0.717, 1.165) is 37.2 Å². The smallest absolute Gasteiger partial charge is 0.119 e. The Balaban J connectivity index is 1.49. The molecule has 2 atom stereocenters.